The Hall–Kier alpha value is -2.56. The third-order valence-electron chi connectivity index (χ3n) is 4.56. The fourth-order valence-electron chi connectivity index (χ4n) is 3.05. The number of nitrogens with one attached hydrogen (secondary N) is 1. The predicted molar refractivity (Wildman–Crippen MR) is 92.9 cm³/mol. The molecule has 0 spiro atoms. The number of aromatic nitrogens is 1. The maximum absolute atomic E-state index is 12.7. The molecule has 1 saturated heterocycles. The van der Waals surface area contributed by atoms with E-state index < -0.39 is 0 Å². The molecule has 1 aromatic carbocycles. The SMILES string of the molecule is Cc1ccc(C)c(C(=O)N2CCN(C(=O)Cc3cc[nH]c3)CC2)c1. The van der Waals surface area contributed by atoms with Gasteiger partial charge in [0.05, 0.1) is 6.42 Å². The van der Waals surface area contributed by atoms with Gasteiger partial charge in [0.2, 0.25) is 5.91 Å². The lowest BCUT2D eigenvalue weighted by Crippen LogP contribution is -2.51. The zero-order valence-corrected chi connectivity index (χ0v) is 14.2. The molecule has 0 aliphatic carbocycles. The van der Waals surface area contributed by atoms with Crippen molar-refractivity contribution in [2.24, 2.45) is 0 Å². The monoisotopic (exact) mass is 325 g/mol. The summed E-state index contributed by atoms with van der Waals surface area (Å²) in [4.78, 5) is 31.7. The van der Waals surface area contributed by atoms with E-state index in [0.29, 0.717) is 32.6 Å². The average Bonchev–Trinajstić information content (AvgIpc) is 3.09. The molecule has 0 bridgehead atoms. The smallest absolute Gasteiger partial charge is 0.254 e. The molecule has 0 unspecified atom stereocenters. The maximum atomic E-state index is 12.7. The first kappa shape index (κ1) is 16.3. The van der Waals surface area contributed by atoms with Crippen molar-refractivity contribution >= 4 is 11.8 Å². The van der Waals surface area contributed by atoms with Gasteiger partial charge in [-0.3, -0.25) is 9.59 Å². The second kappa shape index (κ2) is 6.91. The first-order valence-electron chi connectivity index (χ1n) is 8.30. The molecule has 2 heterocycles. The lowest BCUT2D eigenvalue weighted by atomic mass is 10.0. The van der Waals surface area contributed by atoms with E-state index in [4.69, 9.17) is 0 Å². The van der Waals surface area contributed by atoms with Gasteiger partial charge in [-0.2, -0.15) is 0 Å². The van der Waals surface area contributed by atoms with E-state index in [9.17, 15) is 9.59 Å². The normalized spacial score (nSPS) is 14.8. The molecule has 2 amide bonds. The Morgan fingerprint density at radius 3 is 2.42 bits per heavy atom. The van der Waals surface area contributed by atoms with Crippen LogP contribution in [-0.4, -0.2) is 52.8 Å². The lowest BCUT2D eigenvalue weighted by molar-refractivity contribution is -0.131. The molecule has 1 fully saturated rings. The van der Waals surface area contributed by atoms with Crippen LogP contribution in [-0.2, 0) is 11.2 Å². The van der Waals surface area contributed by atoms with Crippen molar-refractivity contribution in [3.63, 3.8) is 0 Å². The number of carbonyl (C=O) groups is 2. The number of H-pyrrole nitrogens is 1. The molecule has 126 valence electrons. The summed E-state index contributed by atoms with van der Waals surface area (Å²) in [6.45, 7) is 6.33. The molecule has 1 N–H and O–H groups in total. The van der Waals surface area contributed by atoms with E-state index in [-0.39, 0.29) is 11.8 Å². The van der Waals surface area contributed by atoms with Crippen molar-refractivity contribution in [3.8, 4) is 0 Å². The number of aromatic amines is 1. The highest BCUT2D eigenvalue weighted by Crippen LogP contribution is 2.15. The minimum absolute atomic E-state index is 0.0638. The quantitative estimate of drug-likeness (QED) is 0.940. The minimum atomic E-state index is 0.0638. The molecule has 1 aliphatic heterocycles. The van der Waals surface area contributed by atoms with Crippen LogP contribution in [0.3, 0.4) is 0 Å². The van der Waals surface area contributed by atoms with E-state index in [1.807, 2.05) is 60.3 Å². The Balaban J connectivity index is 1.59. The van der Waals surface area contributed by atoms with Gasteiger partial charge in [0.25, 0.3) is 5.91 Å². The van der Waals surface area contributed by atoms with Crippen LogP contribution in [0.5, 0.6) is 0 Å². The molecule has 5 nitrogen and oxygen atoms in total. The number of carbonyl (C=O) groups excluding carboxylic acids is 2. The Morgan fingerprint density at radius 2 is 1.75 bits per heavy atom. The van der Waals surface area contributed by atoms with Gasteiger partial charge < -0.3 is 14.8 Å². The van der Waals surface area contributed by atoms with Crippen molar-refractivity contribution < 1.29 is 9.59 Å². The largest absolute Gasteiger partial charge is 0.367 e. The van der Waals surface area contributed by atoms with Gasteiger partial charge in [0, 0.05) is 44.1 Å². The third kappa shape index (κ3) is 3.50. The average molecular weight is 325 g/mol. The number of piperazine rings is 1. The number of hydrogen-bond acceptors (Lipinski definition) is 2. The molecule has 0 saturated carbocycles. The van der Waals surface area contributed by atoms with Crippen LogP contribution in [0.25, 0.3) is 0 Å². The fraction of sp³-hybridized carbons (Fsp3) is 0.368. The first-order chi connectivity index (χ1) is 11.5. The summed E-state index contributed by atoms with van der Waals surface area (Å²) in [7, 11) is 0. The van der Waals surface area contributed by atoms with Gasteiger partial charge in [-0.25, -0.2) is 0 Å². The van der Waals surface area contributed by atoms with Crippen molar-refractivity contribution in [3.05, 3.63) is 58.9 Å². The van der Waals surface area contributed by atoms with Gasteiger partial charge in [0.15, 0.2) is 0 Å². The summed E-state index contributed by atoms with van der Waals surface area (Å²) < 4.78 is 0. The van der Waals surface area contributed by atoms with Gasteiger partial charge in [0.1, 0.15) is 0 Å². The number of hydrogen-bond donors (Lipinski definition) is 1. The van der Waals surface area contributed by atoms with Crippen LogP contribution in [0.1, 0.15) is 27.0 Å². The summed E-state index contributed by atoms with van der Waals surface area (Å²) in [5.41, 5.74) is 3.84. The molecular formula is C19H23N3O2. The molecule has 3 rings (SSSR count). The maximum Gasteiger partial charge on any atom is 0.254 e. The summed E-state index contributed by atoms with van der Waals surface area (Å²) >= 11 is 0. The molecule has 5 heteroatoms. The summed E-state index contributed by atoms with van der Waals surface area (Å²) in [6, 6.07) is 7.86. The van der Waals surface area contributed by atoms with Crippen molar-refractivity contribution in [1.29, 1.82) is 0 Å². The van der Waals surface area contributed by atoms with Crippen LogP contribution < -0.4 is 0 Å². The zero-order valence-electron chi connectivity index (χ0n) is 14.2. The van der Waals surface area contributed by atoms with Crippen molar-refractivity contribution in [1.82, 2.24) is 14.8 Å². The molecule has 2 aromatic rings. The molecule has 0 radical (unpaired) electrons. The summed E-state index contributed by atoms with van der Waals surface area (Å²) in [6.07, 6.45) is 4.08. The van der Waals surface area contributed by atoms with E-state index in [1.165, 1.54) is 0 Å². The molecule has 0 atom stereocenters. The Kier molecular flexibility index (Phi) is 4.69. The lowest BCUT2D eigenvalue weighted by Gasteiger charge is -2.35. The van der Waals surface area contributed by atoms with E-state index >= 15 is 0 Å². The number of benzene rings is 1. The van der Waals surface area contributed by atoms with Crippen LogP contribution in [0.4, 0.5) is 0 Å². The van der Waals surface area contributed by atoms with Gasteiger partial charge in [-0.15, -0.1) is 0 Å². The van der Waals surface area contributed by atoms with E-state index in [0.717, 1.165) is 22.3 Å². The fourth-order valence-corrected chi connectivity index (χ4v) is 3.05. The van der Waals surface area contributed by atoms with Gasteiger partial charge in [-0.05, 0) is 37.1 Å². The number of aryl methyl sites for hydroxylation is 2. The first-order valence-corrected chi connectivity index (χ1v) is 8.30. The number of amides is 2. The highest BCUT2D eigenvalue weighted by molar-refractivity contribution is 5.96. The molecular weight excluding hydrogens is 302 g/mol. The van der Waals surface area contributed by atoms with Crippen LogP contribution in [0, 0.1) is 13.8 Å². The molecule has 1 aromatic heterocycles. The van der Waals surface area contributed by atoms with E-state index in [1.54, 1.807) is 0 Å². The summed E-state index contributed by atoms with van der Waals surface area (Å²) in [5.74, 6) is 0.183. The minimum Gasteiger partial charge on any atom is -0.367 e. The van der Waals surface area contributed by atoms with E-state index in [2.05, 4.69) is 4.98 Å². The second-order valence-corrected chi connectivity index (χ2v) is 6.39. The zero-order chi connectivity index (χ0) is 17.1. The number of nitrogens with zero attached hydrogens (tertiary/aromatic N) is 2. The standard InChI is InChI=1S/C19H23N3O2/c1-14-3-4-15(2)17(11-14)19(24)22-9-7-21(8-10-22)18(23)12-16-5-6-20-13-16/h3-6,11,13,20H,7-10,12H2,1-2H3. The Labute approximate surface area is 142 Å². The molecule has 24 heavy (non-hydrogen) atoms. The van der Waals surface area contributed by atoms with Gasteiger partial charge >= 0.3 is 0 Å². The van der Waals surface area contributed by atoms with Crippen molar-refractivity contribution in [2.45, 2.75) is 20.3 Å². The Bertz CT molecular complexity index is 729. The van der Waals surface area contributed by atoms with Crippen LogP contribution in [0.2, 0.25) is 0 Å². The second-order valence-electron chi connectivity index (χ2n) is 6.39. The number of rotatable bonds is 3. The topological polar surface area (TPSA) is 56.4 Å². The van der Waals surface area contributed by atoms with Crippen LogP contribution in [0.15, 0.2) is 36.7 Å². The molecule has 1 aliphatic rings. The summed E-state index contributed by atoms with van der Waals surface area (Å²) in [5, 5.41) is 0. The Morgan fingerprint density at radius 1 is 1.04 bits per heavy atom. The van der Waals surface area contributed by atoms with Crippen molar-refractivity contribution in [2.75, 3.05) is 26.2 Å². The van der Waals surface area contributed by atoms with Gasteiger partial charge in [-0.1, -0.05) is 17.7 Å². The highest BCUT2D eigenvalue weighted by Gasteiger charge is 2.25. The highest BCUT2D eigenvalue weighted by atomic mass is 16.2. The predicted octanol–water partition coefficient (Wildman–Crippen LogP) is 2.16. The van der Waals surface area contributed by atoms with Crippen LogP contribution >= 0.6 is 0 Å². The third-order valence-corrected chi connectivity index (χ3v) is 4.56.